The molecule has 36 heteroatoms. The Morgan fingerprint density at radius 3 is 0.898 bits per heavy atom. The Morgan fingerprint density at radius 2 is 0.864 bits per heavy atom. The van der Waals surface area contributed by atoms with Crippen molar-refractivity contribution in [3.63, 3.8) is 0 Å². The van der Waals surface area contributed by atoms with Crippen molar-refractivity contribution in [2.75, 3.05) is 55.9 Å². The Kier molecular flexibility index (Phi) is 149. The number of hydrogen-bond acceptors (Lipinski definition) is 20. The monoisotopic (exact) mass is 1220 g/mol. The molecule has 1 saturated heterocycles. The molecule has 22 nitrogen and oxygen atoms in total. The van der Waals surface area contributed by atoms with Crippen LogP contribution in [0.3, 0.4) is 0 Å². The van der Waals surface area contributed by atoms with Gasteiger partial charge in [0.2, 0.25) is 0 Å². The Labute approximate surface area is 433 Å². The number of nitrogens with one attached hydrogen (secondary N) is 4. The topological polar surface area (TPSA) is 419 Å². The van der Waals surface area contributed by atoms with E-state index < -0.39 is 59.6 Å². The molecule has 59 heavy (non-hydrogen) atoms. The fourth-order valence-electron chi connectivity index (χ4n) is 1.09. The number of rotatable bonds is 14. The van der Waals surface area contributed by atoms with Gasteiger partial charge in [-0.2, -0.15) is 59.8 Å². The molecule has 0 spiro atoms. The van der Waals surface area contributed by atoms with Crippen molar-refractivity contribution in [2.45, 2.75) is 0 Å². The number of aliphatic carboxylic acids is 8. The number of carbonyl (C=O) groups is 8. The molecule has 1 aliphatic rings. The van der Waals surface area contributed by atoms with Crippen molar-refractivity contribution in [3.05, 3.63) is 24.3 Å². The third kappa shape index (κ3) is 140. The summed E-state index contributed by atoms with van der Waals surface area (Å²) in [7, 11) is 21.6. The van der Waals surface area contributed by atoms with Gasteiger partial charge in [-0.15, -0.1) is 11.5 Å². The van der Waals surface area contributed by atoms with Crippen molar-refractivity contribution in [2.24, 2.45) is 21.3 Å². The SMILES string of the molecule is CN=P.CN=P.CSCC(C(=O)O)C(=O)O.CS[CH-]CSC.N=P.N=P.N=P.N=P.O=C(O)C(CS)C(=O)O.O=C(O)[CH-]C(=O)O.O=C(O)[CH-]C(=O)O.[CH-]1CSS1.[Y].[Y]. The molecule has 0 amide bonds. The molecule has 0 unspecified atom stereocenters. The van der Waals surface area contributed by atoms with E-state index in [4.69, 9.17) is 61.5 Å². The number of carboxylic acid groups (broad SMARTS) is 8. The van der Waals surface area contributed by atoms with Crippen LogP contribution in [0.4, 0.5) is 0 Å². The van der Waals surface area contributed by atoms with E-state index in [1.165, 1.54) is 23.3 Å². The van der Waals surface area contributed by atoms with Crippen molar-refractivity contribution in [1.82, 2.24) is 0 Å². The summed E-state index contributed by atoms with van der Waals surface area (Å²) < 4.78 is 6.61. The van der Waals surface area contributed by atoms with E-state index in [-0.39, 0.29) is 89.8 Å². The molecule has 0 saturated carbocycles. The van der Waals surface area contributed by atoms with Crippen LogP contribution in [0.5, 0.6) is 0 Å². The first-order chi connectivity index (χ1) is 26.7. The van der Waals surface area contributed by atoms with Gasteiger partial charge < -0.3 is 52.6 Å². The van der Waals surface area contributed by atoms with Gasteiger partial charge in [-0.3, -0.25) is 90.8 Å². The minimum atomic E-state index is -1.44. The smallest absolute Gasteiger partial charge is 0.318 e. The summed E-state index contributed by atoms with van der Waals surface area (Å²) in [6.45, 7) is 0. The third-order valence-electron chi connectivity index (χ3n) is 2.88. The van der Waals surface area contributed by atoms with Crippen LogP contribution in [-0.2, 0) is 104 Å². The van der Waals surface area contributed by atoms with Gasteiger partial charge in [0.1, 0.15) is 0 Å². The maximum atomic E-state index is 10.1. The van der Waals surface area contributed by atoms with E-state index >= 15 is 0 Å². The average Bonchev–Trinajstić information content (AvgIpc) is 3.09. The standard InChI is InChI=1S/C5H8O4S.C4H6O4S.C4H9S2.2C3H3O4.C2H3S2.2CH4NP.4H2NP.2Y/c1-10-2-3(4(6)7)5(8)9;5-3(6)2(1-9)4(7)8;1-5-3-4-6-2;2*4-2(5)1-3(6)7;1-2-4-3-1;2*1-2-3;4*1-2;;/h3H,2H2,1H3,(H,6,7)(H,8,9);2,9H,1H2,(H,5,6)(H,7,8);3H,4H2,1-2H3;2*1H,(H,4,5)(H,6,7);1H,2H2;2*3H,1H3;4*1-2H;;/q;;4*-1;;;;;;;;. The van der Waals surface area contributed by atoms with Crippen molar-refractivity contribution in [3.8, 4) is 0 Å². The fraction of sp³-hybridized carbons (Fsp3) is 0.478. The summed E-state index contributed by atoms with van der Waals surface area (Å²) >= 11 is 8.37. The second-order valence-corrected chi connectivity index (χ2v) is 12.9. The molecule has 1 heterocycles. The van der Waals surface area contributed by atoms with Crippen LogP contribution in [0.15, 0.2) is 9.49 Å². The summed E-state index contributed by atoms with van der Waals surface area (Å²) in [5, 5.41) is 85.6. The van der Waals surface area contributed by atoms with E-state index in [1.807, 2.05) is 33.3 Å². The molecule has 1 aliphatic heterocycles. The normalized spacial score (nSPS) is 8.14. The first-order valence-electron chi connectivity index (χ1n) is 12.8. The molecule has 0 aromatic carbocycles. The van der Waals surface area contributed by atoms with E-state index in [0.29, 0.717) is 0 Å². The predicted molar refractivity (Wildman–Crippen MR) is 247 cm³/mol. The zero-order valence-electron chi connectivity index (χ0n) is 31.7. The van der Waals surface area contributed by atoms with Gasteiger partial charge in [0, 0.05) is 91.0 Å². The largest absolute Gasteiger partial charge is 0.503 e. The molecule has 2 radical (unpaired) electrons. The molecule has 342 valence electrons. The van der Waals surface area contributed by atoms with E-state index in [9.17, 15) is 38.4 Å². The molecular weight excluding hydrogens is 1170 g/mol. The van der Waals surface area contributed by atoms with Gasteiger partial charge in [0.05, 0.1) is 0 Å². The molecule has 0 aliphatic carbocycles. The van der Waals surface area contributed by atoms with Gasteiger partial charge in [0.25, 0.3) is 0 Å². The second-order valence-electron chi connectivity index (χ2n) is 6.59. The van der Waals surface area contributed by atoms with Crippen LogP contribution < -0.4 is 0 Å². The Morgan fingerprint density at radius 1 is 0.644 bits per heavy atom. The van der Waals surface area contributed by atoms with Crippen molar-refractivity contribution >= 4 is 171 Å². The molecule has 1 fully saturated rings. The molecule has 0 aromatic rings. The third-order valence-corrected chi connectivity index (χ3v) is 7.30. The summed E-state index contributed by atoms with van der Waals surface area (Å²) in [6.07, 6.45) is 6.18. The second kappa shape index (κ2) is 93.4. The maximum Gasteiger partial charge on any atom is 0.318 e. The summed E-state index contributed by atoms with van der Waals surface area (Å²) in [6, 6.07) is 0. The van der Waals surface area contributed by atoms with Crippen LogP contribution in [0.25, 0.3) is 0 Å². The molecule has 12 N–H and O–H groups in total. The molecule has 0 aromatic heterocycles. The first kappa shape index (κ1) is 94.1. The average molecular weight is 1220 g/mol. The fourth-order valence-corrected chi connectivity index (χ4v) is 3.66. The van der Waals surface area contributed by atoms with Crippen LogP contribution in [0, 0.1) is 56.8 Å². The van der Waals surface area contributed by atoms with Gasteiger partial charge in [0.15, 0.2) is 35.7 Å². The number of thiol groups is 1. The minimum Gasteiger partial charge on any atom is -0.503 e. The van der Waals surface area contributed by atoms with Crippen LogP contribution >= 0.6 is 124 Å². The van der Waals surface area contributed by atoms with Gasteiger partial charge in [-0.1, -0.05) is 0 Å². The summed E-state index contributed by atoms with van der Waals surface area (Å²) in [5.74, 6) is -6.92. The Hall–Kier alpha value is 0.408. The van der Waals surface area contributed by atoms with E-state index in [1.54, 1.807) is 32.1 Å². The molecule has 0 bridgehead atoms. The first-order valence-corrected chi connectivity index (χ1v) is 22.7. The number of carboxylic acids is 8. The number of nitrogens with zero attached hydrogens (tertiary/aromatic N) is 2. The van der Waals surface area contributed by atoms with Crippen LogP contribution in [0.2, 0.25) is 0 Å². The zero-order valence-corrected chi connectivity index (χ0v) is 48.3. The van der Waals surface area contributed by atoms with Crippen LogP contribution in [0.1, 0.15) is 0 Å². The van der Waals surface area contributed by atoms with Gasteiger partial charge in [-0.05, 0) is 73.0 Å². The molecule has 1 rings (SSSR count). The zero-order chi connectivity index (χ0) is 48.4. The maximum absolute atomic E-state index is 10.1. The van der Waals surface area contributed by atoms with E-state index in [2.05, 4.69) is 100 Å². The predicted octanol–water partition coefficient (Wildman–Crippen LogP) is 7.42. The van der Waals surface area contributed by atoms with Gasteiger partial charge in [-0.25, -0.2) is 0 Å². The minimum absolute atomic E-state index is 0. The van der Waals surface area contributed by atoms with Crippen LogP contribution in [-0.4, -0.2) is 144 Å². The molecular formula is C23H48N6O16P6S6Y2-4. The van der Waals surface area contributed by atoms with Crippen molar-refractivity contribution < 1.29 is 145 Å². The van der Waals surface area contributed by atoms with E-state index in [0.717, 1.165) is 0 Å². The Bertz CT molecular complexity index is 956. The molecule has 0 atom stereocenters. The summed E-state index contributed by atoms with van der Waals surface area (Å²) in [4.78, 5) is 77.7. The quantitative estimate of drug-likeness (QED) is 0.0201. The number of thioether (sulfide) groups is 3. The summed E-state index contributed by atoms with van der Waals surface area (Å²) in [5.41, 5.74) is 0. The Balaban J connectivity index is -0.0000000369. The van der Waals surface area contributed by atoms with Crippen molar-refractivity contribution in [1.29, 1.82) is 20.6 Å². The number of hydrogen-bond donors (Lipinski definition) is 13. The van der Waals surface area contributed by atoms with Gasteiger partial charge >= 0.3 is 23.9 Å².